The van der Waals surface area contributed by atoms with Crippen molar-refractivity contribution in [2.75, 3.05) is 25.1 Å². The van der Waals surface area contributed by atoms with Gasteiger partial charge in [0, 0.05) is 11.6 Å². The molecule has 0 aliphatic rings. The first kappa shape index (κ1) is 26.4. The Labute approximate surface area is 212 Å². The van der Waals surface area contributed by atoms with E-state index in [1.807, 2.05) is 0 Å². The molecule has 0 fully saturated rings. The van der Waals surface area contributed by atoms with Crippen LogP contribution in [0.4, 0.5) is 11.4 Å². The number of sulfonamides is 1. The molecule has 36 heavy (non-hydrogen) atoms. The Morgan fingerprint density at radius 2 is 1.75 bits per heavy atom. The van der Waals surface area contributed by atoms with E-state index in [2.05, 4.69) is 10.5 Å². The highest BCUT2D eigenvalue weighted by Crippen LogP contribution is 2.32. The summed E-state index contributed by atoms with van der Waals surface area (Å²) < 4.78 is 37.6. The lowest BCUT2D eigenvalue weighted by Crippen LogP contribution is -2.39. The molecule has 0 radical (unpaired) electrons. The van der Waals surface area contributed by atoms with Crippen LogP contribution in [0.3, 0.4) is 0 Å². The molecule has 0 aliphatic heterocycles. The molecule has 13 heteroatoms. The van der Waals surface area contributed by atoms with Crippen LogP contribution in [-0.4, -0.2) is 46.2 Å². The van der Waals surface area contributed by atoms with Gasteiger partial charge in [-0.3, -0.25) is 19.2 Å². The number of carbonyl (C=O) groups is 1. The summed E-state index contributed by atoms with van der Waals surface area (Å²) in [6.07, 6.45) is 1.19. The number of hydrogen-bond donors (Lipinski definition) is 1. The molecule has 1 N–H and O–H groups in total. The number of nitrogens with zero attached hydrogens (tertiary/aromatic N) is 3. The van der Waals surface area contributed by atoms with Gasteiger partial charge in [-0.15, -0.1) is 0 Å². The van der Waals surface area contributed by atoms with E-state index >= 15 is 0 Å². The van der Waals surface area contributed by atoms with E-state index < -0.39 is 27.4 Å². The second-order valence-corrected chi connectivity index (χ2v) is 9.39. The van der Waals surface area contributed by atoms with E-state index in [1.54, 1.807) is 18.2 Å². The lowest BCUT2D eigenvalue weighted by atomic mass is 10.2. The molecule has 3 aromatic carbocycles. The molecule has 3 aromatic rings. The maximum absolute atomic E-state index is 13.3. The summed E-state index contributed by atoms with van der Waals surface area (Å²) in [5.41, 5.74) is 2.41. The van der Waals surface area contributed by atoms with Gasteiger partial charge < -0.3 is 9.47 Å². The van der Waals surface area contributed by atoms with Crippen molar-refractivity contribution in [3.05, 3.63) is 87.4 Å². The number of nitro groups is 1. The molecule has 1 amide bonds. The first-order valence-corrected chi connectivity index (χ1v) is 12.0. The summed E-state index contributed by atoms with van der Waals surface area (Å²) in [5.74, 6) is -0.359. The van der Waals surface area contributed by atoms with Gasteiger partial charge in [0.25, 0.3) is 15.9 Å². The monoisotopic (exact) mass is 532 g/mol. The molecule has 0 spiro atoms. The number of carbonyl (C=O) groups excluding carboxylic acids is 1. The maximum atomic E-state index is 13.3. The Kier molecular flexibility index (Phi) is 8.46. The quantitative estimate of drug-likeness (QED) is 0.239. The zero-order valence-corrected chi connectivity index (χ0v) is 20.7. The van der Waals surface area contributed by atoms with Gasteiger partial charge in [-0.1, -0.05) is 29.8 Å². The normalized spacial score (nSPS) is 11.2. The predicted molar refractivity (Wildman–Crippen MR) is 134 cm³/mol. The first-order valence-electron chi connectivity index (χ1n) is 10.2. The average Bonchev–Trinajstić information content (AvgIpc) is 2.87. The molecular weight excluding hydrogens is 512 g/mol. The molecule has 0 saturated heterocycles. The van der Waals surface area contributed by atoms with E-state index in [1.165, 1.54) is 69.0 Å². The number of rotatable bonds is 10. The molecule has 0 bridgehead atoms. The fraction of sp³-hybridized carbons (Fsp3) is 0.130. The lowest BCUT2D eigenvalue weighted by Gasteiger charge is -2.24. The molecule has 0 aromatic heterocycles. The summed E-state index contributed by atoms with van der Waals surface area (Å²) in [4.78, 5) is 23.2. The molecular formula is C23H21ClN4O7S. The minimum absolute atomic E-state index is 0.0289. The number of ether oxygens (including phenoxy) is 2. The third kappa shape index (κ3) is 6.09. The van der Waals surface area contributed by atoms with Crippen molar-refractivity contribution in [1.29, 1.82) is 0 Å². The predicted octanol–water partition coefficient (Wildman–Crippen LogP) is 3.61. The summed E-state index contributed by atoms with van der Waals surface area (Å²) >= 11 is 6.19. The molecule has 0 atom stereocenters. The SMILES string of the molecule is COc1ccc(N(CC(=O)N/N=C\c2ccc(OC)c([N+](=O)[O-])c2)S(=O)(=O)c2ccccc2)cc1Cl. The fourth-order valence-electron chi connectivity index (χ4n) is 3.12. The second-order valence-electron chi connectivity index (χ2n) is 7.13. The minimum Gasteiger partial charge on any atom is -0.495 e. The molecule has 11 nitrogen and oxygen atoms in total. The third-order valence-corrected chi connectivity index (χ3v) is 6.93. The smallest absolute Gasteiger partial charge is 0.311 e. The number of nitrogens with one attached hydrogen (secondary N) is 1. The summed E-state index contributed by atoms with van der Waals surface area (Å²) in [5, 5.41) is 15.1. The van der Waals surface area contributed by atoms with Crippen molar-refractivity contribution < 1.29 is 27.6 Å². The Bertz CT molecular complexity index is 1400. The minimum atomic E-state index is -4.15. The van der Waals surface area contributed by atoms with Gasteiger partial charge in [0.1, 0.15) is 12.3 Å². The highest BCUT2D eigenvalue weighted by atomic mass is 35.5. The van der Waals surface area contributed by atoms with Crippen LogP contribution in [0, 0.1) is 10.1 Å². The van der Waals surface area contributed by atoms with Crippen LogP contribution < -0.4 is 19.2 Å². The first-order chi connectivity index (χ1) is 17.2. The van der Waals surface area contributed by atoms with Crippen molar-refractivity contribution in [2.45, 2.75) is 4.90 Å². The van der Waals surface area contributed by atoms with Crippen LogP contribution in [0.1, 0.15) is 5.56 Å². The zero-order valence-electron chi connectivity index (χ0n) is 19.1. The van der Waals surface area contributed by atoms with E-state index in [4.69, 9.17) is 21.1 Å². The largest absolute Gasteiger partial charge is 0.495 e. The molecule has 188 valence electrons. The molecule has 3 rings (SSSR count). The van der Waals surface area contributed by atoms with Crippen molar-refractivity contribution in [2.24, 2.45) is 5.10 Å². The highest BCUT2D eigenvalue weighted by molar-refractivity contribution is 7.92. The van der Waals surface area contributed by atoms with Crippen LogP contribution in [-0.2, 0) is 14.8 Å². The average molecular weight is 533 g/mol. The molecule has 0 heterocycles. The van der Waals surface area contributed by atoms with E-state index in [0.717, 1.165) is 4.31 Å². The van der Waals surface area contributed by atoms with Crippen molar-refractivity contribution in [3.8, 4) is 11.5 Å². The molecule has 0 saturated carbocycles. The van der Waals surface area contributed by atoms with Crippen LogP contribution in [0.2, 0.25) is 5.02 Å². The summed E-state index contributed by atoms with van der Waals surface area (Å²) in [6.45, 7) is -0.625. The van der Waals surface area contributed by atoms with Crippen LogP contribution in [0.25, 0.3) is 0 Å². The lowest BCUT2D eigenvalue weighted by molar-refractivity contribution is -0.385. The van der Waals surface area contributed by atoms with Crippen LogP contribution in [0.15, 0.2) is 76.7 Å². The fourth-order valence-corrected chi connectivity index (χ4v) is 4.81. The van der Waals surface area contributed by atoms with Gasteiger partial charge in [0.15, 0.2) is 5.75 Å². The number of hydrogen-bond acceptors (Lipinski definition) is 8. The van der Waals surface area contributed by atoms with Gasteiger partial charge >= 0.3 is 5.69 Å². The third-order valence-electron chi connectivity index (χ3n) is 4.84. The summed E-state index contributed by atoms with van der Waals surface area (Å²) in [6, 6.07) is 16.0. The number of hydrazone groups is 1. The molecule has 0 aliphatic carbocycles. The van der Waals surface area contributed by atoms with Crippen molar-refractivity contribution in [1.82, 2.24) is 5.43 Å². The highest BCUT2D eigenvalue weighted by Gasteiger charge is 2.27. The Balaban J connectivity index is 1.85. The van der Waals surface area contributed by atoms with Crippen LogP contribution >= 0.6 is 11.6 Å². The van der Waals surface area contributed by atoms with E-state index in [0.29, 0.717) is 11.3 Å². The van der Waals surface area contributed by atoms with Gasteiger partial charge in [-0.25, -0.2) is 13.8 Å². The van der Waals surface area contributed by atoms with E-state index in [9.17, 15) is 23.3 Å². The van der Waals surface area contributed by atoms with Crippen molar-refractivity contribution >= 4 is 45.1 Å². The number of amides is 1. The van der Waals surface area contributed by atoms with Crippen molar-refractivity contribution in [3.63, 3.8) is 0 Å². The Hall–Kier alpha value is -4.16. The van der Waals surface area contributed by atoms with Gasteiger partial charge in [0.2, 0.25) is 0 Å². The van der Waals surface area contributed by atoms with Gasteiger partial charge in [-0.05, 0) is 42.5 Å². The topological polar surface area (TPSA) is 140 Å². The van der Waals surface area contributed by atoms with Crippen LogP contribution in [0.5, 0.6) is 11.5 Å². The number of methoxy groups -OCH3 is 2. The second kappa shape index (κ2) is 11.5. The zero-order chi connectivity index (χ0) is 26.3. The number of halogens is 1. The number of nitro benzene ring substituents is 1. The molecule has 0 unspecified atom stereocenters. The maximum Gasteiger partial charge on any atom is 0.311 e. The van der Waals surface area contributed by atoms with Gasteiger partial charge in [0.05, 0.1) is 41.0 Å². The summed E-state index contributed by atoms with van der Waals surface area (Å²) in [7, 11) is -1.43. The number of benzene rings is 3. The van der Waals surface area contributed by atoms with Gasteiger partial charge in [-0.2, -0.15) is 5.10 Å². The van der Waals surface area contributed by atoms with E-state index in [-0.39, 0.29) is 27.0 Å². The standard InChI is InChI=1S/C23H21ClN4O7S/c1-34-21-11-9-17(13-19(21)24)27(36(32,33)18-6-4-3-5-7-18)15-23(29)26-25-14-16-8-10-22(35-2)20(12-16)28(30)31/h3-14H,15H2,1-2H3,(H,26,29)/b25-14-. The Morgan fingerprint density at radius 1 is 1.08 bits per heavy atom. The number of anilines is 1. The Morgan fingerprint density at radius 3 is 2.36 bits per heavy atom.